The highest BCUT2D eigenvalue weighted by Gasteiger charge is 2.31. The Morgan fingerprint density at radius 3 is 2.31 bits per heavy atom. The van der Waals surface area contributed by atoms with Gasteiger partial charge in [0.25, 0.3) is 0 Å². The predicted octanol–water partition coefficient (Wildman–Crippen LogP) is 6.78. The number of pyridine rings is 1. The zero-order chi connectivity index (χ0) is 30.4. The van der Waals surface area contributed by atoms with E-state index in [2.05, 4.69) is 55.9 Å². The Morgan fingerprint density at radius 1 is 1.10 bits per heavy atom. The largest absolute Gasteiger partial charge is 0.493 e. The van der Waals surface area contributed by atoms with Gasteiger partial charge in [-0.3, -0.25) is 9.78 Å². The van der Waals surface area contributed by atoms with Crippen molar-refractivity contribution >= 4 is 17.2 Å². The molecule has 1 N–H and O–H groups in total. The van der Waals surface area contributed by atoms with Gasteiger partial charge in [0.2, 0.25) is 0 Å². The smallest absolute Gasteiger partial charge is 0.307 e. The summed E-state index contributed by atoms with van der Waals surface area (Å²) in [7, 11) is 3.86. The topological polar surface area (TPSA) is 65.9 Å². The highest BCUT2D eigenvalue weighted by atomic mass is 16.5. The number of aromatic nitrogens is 1. The van der Waals surface area contributed by atoms with Crippen LogP contribution in [0.1, 0.15) is 54.8 Å². The van der Waals surface area contributed by atoms with Crippen molar-refractivity contribution < 1.29 is 14.6 Å². The maximum absolute atomic E-state index is 12.1. The Kier molecular flexibility index (Phi) is 9.63. The molecular weight excluding hydrogens is 522 g/mol. The summed E-state index contributed by atoms with van der Waals surface area (Å²) in [5.41, 5.74) is 8.19. The van der Waals surface area contributed by atoms with Gasteiger partial charge in [-0.05, 0) is 55.4 Å². The van der Waals surface area contributed by atoms with Crippen LogP contribution in [-0.4, -0.2) is 54.8 Å². The predicted molar refractivity (Wildman–Crippen MR) is 172 cm³/mol. The number of hydrogen-bond acceptors (Lipinski definition) is 5. The van der Waals surface area contributed by atoms with E-state index in [0.29, 0.717) is 23.6 Å². The average molecular weight is 566 g/mol. The third kappa shape index (κ3) is 7.53. The number of aliphatic carboxylic acids is 1. The molecule has 4 rings (SSSR count). The van der Waals surface area contributed by atoms with E-state index in [0.717, 1.165) is 60.5 Å². The number of carboxylic acids is 1. The number of terminal acetylenes is 1. The van der Waals surface area contributed by atoms with Gasteiger partial charge in [-0.15, -0.1) is 6.42 Å². The number of ether oxygens (including phenoxy) is 1. The SMILES string of the molecule is C#C/C(=C\N(C)C)c1nc(C)c(CC(=O)O)c(N2CCC(C)(C)CC2)c1-c1ccc(OCCc2ccc(C)cc2)cc1. The molecule has 1 saturated heterocycles. The average Bonchev–Trinajstić information content (AvgIpc) is 2.94. The monoisotopic (exact) mass is 565 g/mol. The molecule has 1 aliphatic rings. The molecule has 3 aromatic rings. The Hall–Kier alpha value is -4.24. The number of hydrogen-bond donors (Lipinski definition) is 1. The Balaban J connectivity index is 1.79. The van der Waals surface area contributed by atoms with Crippen LogP contribution in [0.25, 0.3) is 16.7 Å². The normalized spacial score (nSPS) is 14.8. The van der Waals surface area contributed by atoms with E-state index in [4.69, 9.17) is 16.1 Å². The summed E-state index contributed by atoms with van der Waals surface area (Å²) in [4.78, 5) is 21.3. The summed E-state index contributed by atoms with van der Waals surface area (Å²) in [6, 6.07) is 16.5. The molecule has 0 bridgehead atoms. The van der Waals surface area contributed by atoms with Crippen LogP contribution in [0.4, 0.5) is 5.69 Å². The standard InChI is InChI=1S/C36H43N3O3/c1-8-28(24-38(6)7)34-33(29-13-15-30(16-14-29)42-22-17-27-11-9-25(2)10-12-27)35(31(23-32(40)41)26(3)37-34)39-20-18-36(4,5)19-21-39/h1,9-16,24H,17-23H2,2-7H3,(H,40,41)/b28-24+. The van der Waals surface area contributed by atoms with E-state index >= 15 is 0 Å². The molecule has 0 radical (unpaired) electrons. The van der Waals surface area contributed by atoms with Gasteiger partial charge in [0.15, 0.2) is 0 Å². The summed E-state index contributed by atoms with van der Waals surface area (Å²) in [5.74, 6) is 2.75. The van der Waals surface area contributed by atoms with Gasteiger partial charge in [-0.2, -0.15) is 0 Å². The van der Waals surface area contributed by atoms with Crippen LogP contribution in [-0.2, 0) is 17.6 Å². The minimum atomic E-state index is -0.879. The number of allylic oxidation sites excluding steroid dienone is 1. The highest BCUT2D eigenvalue weighted by molar-refractivity contribution is 5.95. The Bertz CT molecular complexity index is 1470. The maximum atomic E-state index is 12.1. The molecule has 1 aliphatic heterocycles. The van der Waals surface area contributed by atoms with E-state index in [1.54, 1.807) is 0 Å². The zero-order valence-corrected chi connectivity index (χ0v) is 25.8. The Morgan fingerprint density at radius 2 is 1.74 bits per heavy atom. The minimum Gasteiger partial charge on any atom is -0.493 e. The van der Waals surface area contributed by atoms with E-state index in [1.165, 1.54) is 11.1 Å². The minimum absolute atomic E-state index is 0.107. The molecule has 0 amide bonds. The second-order valence-electron chi connectivity index (χ2n) is 12.2. The zero-order valence-electron chi connectivity index (χ0n) is 25.8. The van der Waals surface area contributed by atoms with Crippen LogP contribution in [0, 0.1) is 31.6 Å². The van der Waals surface area contributed by atoms with Crippen molar-refractivity contribution in [3.05, 3.63) is 82.8 Å². The summed E-state index contributed by atoms with van der Waals surface area (Å²) >= 11 is 0. The quantitative estimate of drug-likeness (QED) is 0.274. The molecule has 2 aromatic carbocycles. The molecule has 1 aromatic heterocycles. The molecule has 0 atom stereocenters. The molecular formula is C36H43N3O3. The van der Waals surface area contributed by atoms with Gasteiger partial charge in [-0.25, -0.2) is 0 Å². The number of piperidine rings is 1. The number of benzene rings is 2. The molecule has 220 valence electrons. The number of nitrogens with zero attached hydrogens (tertiary/aromatic N) is 3. The first-order valence-corrected chi connectivity index (χ1v) is 14.6. The number of carboxylic acid groups (broad SMARTS) is 1. The van der Waals surface area contributed by atoms with Gasteiger partial charge >= 0.3 is 5.97 Å². The second-order valence-corrected chi connectivity index (χ2v) is 12.2. The van der Waals surface area contributed by atoms with Crippen molar-refractivity contribution in [3.63, 3.8) is 0 Å². The molecule has 0 unspecified atom stereocenters. The lowest BCUT2D eigenvalue weighted by Crippen LogP contribution is -2.38. The van der Waals surface area contributed by atoms with Crippen molar-refractivity contribution in [2.24, 2.45) is 5.41 Å². The number of rotatable bonds is 10. The van der Waals surface area contributed by atoms with Crippen molar-refractivity contribution in [1.29, 1.82) is 0 Å². The Labute approximate surface area is 251 Å². The lowest BCUT2D eigenvalue weighted by Gasteiger charge is -2.40. The molecule has 0 spiro atoms. The maximum Gasteiger partial charge on any atom is 0.307 e. The van der Waals surface area contributed by atoms with E-state index < -0.39 is 5.97 Å². The van der Waals surface area contributed by atoms with Gasteiger partial charge in [-0.1, -0.05) is 61.7 Å². The summed E-state index contributed by atoms with van der Waals surface area (Å²) in [6.45, 7) is 10.8. The summed E-state index contributed by atoms with van der Waals surface area (Å²) in [6.07, 6.45) is 10.7. The van der Waals surface area contributed by atoms with E-state index in [-0.39, 0.29) is 11.8 Å². The van der Waals surface area contributed by atoms with Crippen LogP contribution in [0.5, 0.6) is 5.75 Å². The third-order valence-electron chi connectivity index (χ3n) is 7.96. The van der Waals surface area contributed by atoms with Crippen molar-refractivity contribution in [3.8, 4) is 29.2 Å². The fourth-order valence-electron chi connectivity index (χ4n) is 5.43. The van der Waals surface area contributed by atoms with Gasteiger partial charge in [0.1, 0.15) is 5.75 Å². The fourth-order valence-corrected chi connectivity index (χ4v) is 5.43. The number of carbonyl (C=O) groups is 1. The summed E-state index contributed by atoms with van der Waals surface area (Å²) in [5, 5.41) is 9.90. The lowest BCUT2D eigenvalue weighted by atomic mass is 9.81. The van der Waals surface area contributed by atoms with Gasteiger partial charge in [0.05, 0.1) is 30.0 Å². The first-order chi connectivity index (χ1) is 20.0. The second kappa shape index (κ2) is 13.2. The first kappa shape index (κ1) is 30.7. The molecule has 42 heavy (non-hydrogen) atoms. The van der Waals surface area contributed by atoms with Crippen LogP contribution in [0.15, 0.2) is 54.7 Å². The van der Waals surface area contributed by atoms with Gasteiger partial charge < -0.3 is 19.6 Å². The van der Waals surface area contributed by atoms with E-state index in [1.807, 2.05) is 56.4 Å². The number of anilines is 1. The molecule has 6 heteroatoms. The third-order valence-corrected chi connectivity index (χ3v) is 7.96. The lowest BCUT2D eigenvalue weighted by molar-refractivity contribution is -0.136. The first-order valence-electron chi connectivity index (χ1n) is 14.6. The van der Waals surface area contributed by atoms with Crippen LogP contribution in [0.3, 0.4) is 0 Å². The van der Waals surface area contributed by atoms with Crippen LogP contribution in [0.2, 0.25) is 0 Å². The van der Waals surface area contributed by atoms with E-state index in [9.17, 15) is 9.90 Å². The van der Waals surface area contributed by atoms with Crippen LogP contribution < -0.4 is 9.64 Å². The molecule has 0 saturated carbocycles. The van der Waals surface area contributed by atoms with Crippen molar-refractivity contribution in [1.82, 2.24) is 9.88 Å². The molecule has 0 aliphatic carbocycles. The molecule has 6 nitrogen and oxygen atoms in total. The molecule has 2 heterocycles. The van der Waals surface area contributed by atoms with Crippen LogP contribution >= 0.6 is 0 Å². The molecule has 1 fully saturated rings. The fraction of sp³-hybridized carbons (Fsp3) is 0.389. The number of aryl methyl sites for hydroxylation is 2. The van der Waals surface area contributed by atoms with Crippen molar-refractivity contribution in [2.75, 3.05) is 38.7 Å². The highest BCUT2D eigenvalue weighted by Crippen LogP contribution is 2.43. The van der Waals surface area contributed by atoms with Gasteiger partial charge in [0, 0.05) is 56.6 Å². The van der Waals surface area contributed by atoms with Crippen molar-refractivity contribution in [2.45, 2.75) is 53.4 Å². The summed E-state index contributed by atoms with van der Waals surface area (Å²) < 4.78 is 6.09.